The third-order valence-electron chi connectivity index (χ3n) is 4.01. The van der Waals surface area contributed by atoms with Gasteiger partial charge in [0.1, 0.15) is 17.0 Å². The molecule has 2 aromatic rings. The second-order valence-corrected chi connectivity index (χ2v) is 7.98. The minimum atomic E-state index is -0.0142. The van der Waals surface area contributed by atoms with Crippen molar-refractivity contribution in [2.75, 3.05) is 39.0 Å². The molecule has 1 amide bonds. The molecule has 25 heavy (non-hydrogen) atoms. The molecule has 0 spiro atoms. The van der Waals surface area contributed by atoms with Gasteiger partial charge in [-0.3, -0.25) is 4.79 Å². The summed E-state index contributed by atoms with van der Waals surface area (Å²) in [5.41, 5.74) is 0.956. The topological polar surface area (TPSA) is 70.1 Å². The molecule has 7 heteroatoms. The summed E-state index contributed by atoms with van der Waals surface area (Å²) >= 11 is 1.44. The van der Waals surface area contributed by atoms with Crippen molar-refractivity contribution in [3.63, 3.8) is 0 Å². The van der Waals surface area contributed by atoms with Crippen LogP contribution in [0.4, 0.5) is 5.82 Å². The zero-order valence-electron chi connectivity index (χ0n) is 15.8. The van der Waals surface area contributed by atoms with Crippen molar-refractivity contribution in [1.82, 2.24) is 20.2 Å². The van der Waals surface area contributed by atoms with Crippen molar-refractivity contribution < 1.29 is 4.79 Å². The average Bonchev–Trinajstić information content (AvgIpc) is 2.89. The molecule has 2 aromatic heterocycles. The normalized spacial score (nSPS) is 11.5. The summed E-state index contributed by atoms with van der Waals surface area (Å²) in [6, 6.07) is 0. The first-order chi connectivity index (χ1) is 11.9. The Morgan fingerprint density at radius 1 is 1.28 bits per heavy atom. The predicted molar refractivity (Wildman–Crippen MR) is 106 cm³/mol. The number of carbonyl (C=O) groups is 1. The Hall–Kier alpha value is -1.73. The van der Waals surface area contributed by atoms with Crippen molar-refractivity contribution in [1.29, 1.82) is 0 Å². The second-order valence-electron chi connectivity index (χ2n) is 6.98. The van der Waals surface area contributed by atoms with Crippen molar-refractivity contribution in [2.45, 2.75) is 33.6 Å². The molecule has 2 heterocycles. The number of aryl methyl sites for hydroxylation is 1. The quantitative estimate of drug-likeness (QED) is 0.670. The van der Waals surface area contributed by atoms with Gasteiger partial charge in [-0.1, -0.05) is 13.8 Å². The van der Waals surface area contributed by atoms with Gasteiger partial charge in [-0.25, -0.2) is 9.97 Å². The van der Waals surface area contributed by atoms with E-state index in [2.05, 4.69) is 53.4 Å². The number of hydrogen-bond donors (Lipinski definition) is 2. The molecule has 0 bridgehead atoms. The lowest BCUT2D eigenvalue weighted by molar-refractivity contribution is 0.0955. The molecule has 0 saturated carbocycles. The molecule has 2 rings (SSSR count). The number of aromatic nitrogens is 2. The van der Waals surface area contributed by atoms with Crippen molar-refractivity contribution >= 4 is 33.3 Å². The Labute approximate surface area is 154 Å². The summed E-state index contributed by atoms with van der Waals surface area (Å²) in [4.78, 5) is 25.0. The van der Waals surface area contributed by atoms with Crippen LogP contribution in [-0.2, 0) is 0 Å². The minimum Gasteiger partial charge on any atom is -0.369 e. The molecule has 0 unspecified atom stereocenters. The number of rotatable bonds is 9. The number of thiophene rings is 1. The van der Waals surface area contributed by atoms with Crippen LogP contribution in [0.1, 0.15) is 41.9 Å². The monoisotopic (exact) mass is 363 g/mol. The molecule has 0 aromatic carbocycles. The average molecular weight is 364 g/mol. The van der Waals surface area contributed by atoms with Gasteiger partial charge in [0.2, 0.25) is 0 Å². The Morgan fingerprint density at radius 3 is 2.72 bits per heavy atom. The van der Waals surface area contributed by atoms with Gasteiger partial charge in [0.15, 0.2) is 0 Å². The Balaban J connectivity index is 2.12. The second kappa shape index (κ2) is 9.10. The highest BCUT2D eigenvalue weighted by Crippen LogP contribution is 2.33. The molecule has 0 saturated heterocycles. The van der Waals surface area contributed by atoms with E-state index in [1.165, 1.54) is 11.3 Å². The molecule has 0 atom stereocenters. The fourth-order valence-corrected chi connectivity index (χ4v) is 3.64. The molecular weight excluding hydrogens is 334 g/mol. The first-order valence-corrected chi connectivity index (χ1v) is 9.62. The molecular formula is C18H29N5OS. The van der Waals surface area contributed by atoms with Crippen molar-refractivity contribution in [2.24, 2.45) is 5.92 Å². The largest absolute Gasteiger partial charge is 0.369 e. The van der Waals surface area contributed by atoms with Crippen LogP contribution in [0.3, 0.4) is 0 Å². The Bertz CT molecular complexity index is 711. The predicted octanol–water partition coefficient (Wildman–Crippen LogP) is 3.14. The number of carbonyl (C=O) groups excluding carboxylic acids is 1. The van der Waals surface area contributed by atoms with Gasteiger partial charge in [-0.05, 0) is 51.9 Å². The number of anilines is 1. The molecule has 0 radical (unpaired) electrons. The Morgan fingerprint density at radius 2 is 2.04 bits per heavy atom. The number of hydrogen-bond acceptors (Lipinski definition) is 6. The lowest BCUT2D eigenvalue weighted by atomic mass is 10.1. The molecule has 138 valence electrons. The smallest absolute Gasteiger partial charge is 0.261 e. The van der Waals surface area contributed by atoms with Crippen LogP contribution in [0, 0.1) is 12.8 Å². The van der Waals surface area contributed by atoms with Crippen LogP contribution in [0.15, 0.2) is 6.33 Å². The van der Waals surface area contributed by atoms with E-state index in [9.17, 15) is 4.79 Å². The van der Waals surface area contributed by atoms with Crippen LogP contribution >= 0.6 is 11.3 Å². The summed E-state index contributed by atoms with van der Waals surface area (Å²) in [5, 5.41) is 7.37. The van der Waals surface area contributed by atoms with E-state index in [4.69, 9.17) is 0 Å². The van der Waals surface area contributed by atoms with E-state index in [0.717, 1.165) is 52.4 Å². The van der Waals surface area contributed by atoms with Gasteiger partial charge < -0.3 is 15.5 Å². The summed E-state index contributed by atoms with van der Waals surface area (Å²) in [6.07, 6.45) is 3.57. The van der Waals surface area contributed by atoms with Gasteiger partial charge in [-0.15, -0.1) is 11.3 Å². The van der Waals surface area contributed by atoms with E-state index in [1.54, 1.807) is 6.33 Å². The van der Waals surface area contributed by atoms with E-state index in [1.807, 2.05) is 6.92 Å². The SMILES string of the molecule is Cc1c(C(=O)NCCC(C)C)sc2ncnc(NCCCN(C)C)c12. The van der Waals surface area contributed by atoms with E-state index >= 15 is 0 Å². The van der Waals surface area contributed by atoms with Gasteiger partial charge >= 0.3 is 0 Å². The fraction of sp³-hybridized carbons (Fsp3) is 0.611. The van der Waals surface area contributed by atoms with Crippen molar-refractivity contribution in [3.05, 3.63) is 16.8 Å². The van der Waals surface area contributed by atoms with Crippen LogP contribution in [0.25, 0.3) is 10.2 Å². The summed E-state index contributed by atoms with van der Waals surface area (Å²) in [7, 11) is 4.13. The number of amides is 1. The van der Waals surface area contributed by atoms with Gasteiger partial charge in [-0.2, -0.15) is 0 Å². The van der Waals surface area contributed by atoms with Crippen molar-refractivity contribution in [3.8, 4) is 0 Å². The number of nitrogens with zero attached hydrogens (tertiary/aromatic N) is 3. The highest BCUT2D eigenvalue weighted by Gasteiger charge is 2.19. The zero-order chi connectivity index (χ0) is 18.4. The molecule has 6 nitrogen and oxygen atoms in total. The van der Waals surface area contributed by atoms with Crippen LogP contribution in [0.2, 0.25) is 0 Å². The Kier molecular flexibility index (Phi) is 7.13. The van der Waals surface area contributed by atoms with Crippen LogP contribution in [0.5, 0.6) is 0 Å². The van der Waals surface area contributed by atoms with Crippen LogP contribution < -0.4 is 10.6 Å². The third kappa shape index (κ3) is 5.37. The first-order valence-electron chi connectivity index (χ1n) is 8.81. The molecule has 0 aliphatic heterocycles. The van der Waals surface area contributed by atoms with Gasteiger partial charge in [0.25, 0.3) is 5.91 Å². The first kappa shape index (κ1) is 19.6. The molecule has 2 N–H and O–H groups in total. The highest BCUT2D eigenvalue weighted by atomic mass is 32.1. The molecule has 0 aliphatic carbocycles. The van der Waals surface area contributed by atoms with Gasteiger partial charge in [0.05, 0.1) is 10.3 Å². The number of fused-ring (bicyclic) bond motifs is 1. The maximum atomic E-state index is 12.5. The third-order valence-corrected chi connectivity index (χ3v) is 5.21. The maximum Gasteiger partial charge on any atom is 0.261 e. The molecule has 0 aliphatic rings. The summed E-state index contributed by atoms with van der Waals surface area (Å²) < 4.78 is 0. The van der Waals surface area contributed by atoms with E-state index in [0.29, 0.717) is 12.5 Å². The van der Waals surface area contributed by atoms with E-state index in [-0.39, 0.29) is 5.91 Å². The highest BCUT2D eigenvalue weighted by molar-refractivity contribution is 7.20. The standard InChI is InChI=1S/C18H29N5OS/c1-12(2)7-9-20-17(24)15-13(3)14-16(19-8-6-10-23(4)5)21-11-22-18(14)25-15/h11-12H,6-10H2,1-5H3,(H,20,24)(H,19,21,22). The molecule has 0 fully saturated rings. The fourth-order valence-electron chi connectivity index (χ4n) is 2.58. The summed E-state index contributed by atoms with van der Waals surface area (Å²) in [6.45, 7) is 8.85. The minimum absolute atomic E-state index is 0.0142. The summed E-state index contributed by atoms with van der Waals surface area (Å²) in [5.74, 6) is 1.38. The lowest BCUT2D eigenvalue weighted by Crippen LogP contribution is -2.25. The zero-order valence-corrected chi connectivity index (χ0v) is 16.7. The van der Waals surface area contributed by atoms with Crippen LogP contribution in [-0.4, -0.2) is 54.5 Å². The number of nitrogens with one attached hydrogen (secondary N) is 2. The lowest BCUT2D eigenvalue weighted by Gasteiger charge is -2.11. The van der Waals surface area contributed by atoms with Gasteiger partial charge in [0, 0.05) is 13.1 Å². The maximum absolute atomic E-state index is 12.5. The van der Waals surface area contributed by atoms with E-state index < -0.39 is 0 Å².